The third-order valence-electron chi connectivity index (χ3n) is 0.846. The van der Waals surface area contributed by atoms with Crippen molar-refractivity contribution in [1.29, 1.82) is 0 Å². The van der Waals surface area contributed by atoms with Crippen LogP contribution in [0.5, 0.6) is 0 Å². The Morgan fingerprint density at radius 2 is 2.22 bits per heavy atom. The maximum atomic E-state index is 4.69. The molecule has 52 valence electrons. The largest absolute Gasteiger partial charge is 0.451 e. The van der Waals surface area contributed by atoms with E-state index in [0.29, 0.717) is 0 Å². The minimum atomic E-state index is 0.955. The molecule has 2 nitrogen and oxygen atoms in total. The summed E-state index contributed by atoms with van der Waals surface area (Å²) in [4.78, 5) is 3.87. The molecule has 1 aromatic heterocycles. The number of nitrogens with zero attached hydrogens (tertiary/aromatic N) is 1. The quantitative estimate of drug-likeness (QED) is 0.578. The highest BCUT2D eigenvalue weighted by Gasteiger charge is 1.85. The summed E-state index contributed by atoms with van der Waals surface area (Å²) in [5.74, 6) is 0. The summed E-state index contributed by atoms with van der Waals surface area (Å²) >= 11 is 0. The van der Waals surface area contributed by atoms with E-state index < -0.39 is 0 Å². The van der Waals surface area contributed by atoms with E-state index in [0.717, 1.165) is 12.1 Å². The van der Waals surface area contributed by atoms with E-state index in [1.54, 1.807) is 6.26 Å². The molecule has 0 bridgehead atoms. The standard InChI is InChI=1S/C5H7NO.C2H6/c1-2-5-3-7-4-6-5;1-2/h3-4H,2H2,1H3;1-2H3. The van der Waals surface area contributed by atoms with Crippen LogP contribution in [0.4, 0.5) is 0 Å². The van der Waals surface area contributed by atoms with Gasteiger partial charge in [-0.05, 0) is 6.42 Å². The van der Waals surface area contributed by atoms with Crippen LogP contribution in [0.25, 0.3) is 0 Å². The summed E-state index contributed by atoms with van der Waals surface area (Å²) in [7, 11) is 0. The monoisotopic (exact) mass is 127 g/mol. The van der Waals surface area contributed by atoms with Crippen LogP contribution in [-0.4, -0.2) is 4.98 Å². The number of aryl methyl sites for hydroxylation is 1. The van der Waals surface area contributed by atoms with Crippen LogP contribution in [0.15, 0.2) is 17.1 Å². The first-order valence-corrected chi connectivity index (χ1v) is 3.30. The number of aromatic nitrogens is 1. The van der Waals surface area contributed by atoms with E-state index in [9.17, 15) is 0 Å². The molecule has 0 spiro atoms. The molecule has 0 N–H and O–H groups in total. The van der Waals surface area contributed by atoms with Gasteiger partial charge in [0.1, 0.15) is 6.26 Å². The Hall–Kier alpha value is -0.790. The van der Waals surface area contributed by atoms with Crippen molar-refractivity contribution in [1.82, 2.24) is 4.98 Å². The van der Waals surface area contributed by atoms with Crippen molar-refractivity contribution in [2.24, 2.45) is 0 Å². The van der Waals surface area contributed by atoms with Crippen LogP contribution in [0.2, 0.25) is 0 Å². The second kappa shape index (κ2) is 5.35. The van der Waals surface area contributed by atoms with Gasteiger partial charge < -0.3 is 4.42 Å². The fourth-order valence-electron chi connectivity index (χ4n) is 0.412. The molecule has 0 amide bonds. The topological polar surface area (TPSA) is 26.0 Å². The summed E-state index contributed by atoms with van der Waals surface area (Å²) in [6, 6.07) is 0. The molecule has 0 aliphatic rings. The molecule has 1 aromatic rings. The lowest BCUT2D eigenvalue weighted by molar-refractivity contribution is 0.556. The summed E-state index contributed by atoms with van der Waals surface area (Å²) < 4.78 is 4.69. The van der Waals surface area contributed by atoms with E-state index in [2.05, 4.69) is 4.98 Å². The highest BCUT2D eigenvalue weighted by molar-refractivity contribution is 4.88. The van der Waals surface area contributed by atoms with Crippen LogP contribution in [-0.2, 0) is 6.42 Å². The van der Waals surface area contributed by atoms with Crippen molar-refractivity contribution >= 4 is 0 Å². The Bertz CT molecular complexity index is 123. The maximum Gasteiger partial charge on any atom is 0.180 e. The summed E-state index contributed by atoms with van der Waals surface area (Å²) in [6.45, 7) is 6.04. The molecule has 0 unspecified atom stereocenters. The Morgan fingerprint density at radius 1 is 1.56 bits per heavy atom. The molecule has 0 aliphatic heterocycles. The SMILES string of the molecule is CC.CCc1cocn1. The lowest BCUT2D eigenvalue weighted by Gasteiger charge is -1.75. The zero-order valence-corrected chi connectivity index (χ0v) is 6.22. The van der Waals surface area contributed by atoms with Gasteiger partial charge in [0.25, 0.3) is 0 Å². The highest BCUT2D eigenvalue weighted by atomic mass is 16.3. The molecule has 1 rings (SSSR count). The van der Waals surface area contributed by atoms with Crippen LogP contribution in [0.1, 0.15) is 26.5 Å². The van der Waals surface area contributed by atoms with Gasteiger partial charge in [0, 0.05) is 0 Å². The molecule has 0 radical (unpaired) electrons. The normalized spacial score (nSPS) is 7.89. The van der Waals surface area contributed by atoms with Crippen molar-refractivity contribution in [3.8, 4) is 0 Å². The second-order valence-corrected chi connectivity index (χ2v) is 1.33. The Labute approximate surface area is 55.9 Å². The molecule has 0 atom stereocenters. The predicted molar refractivity (Wildman–Crippen MR) is 37.2 cm³/mol. The molecule has 2 heteroatoms. The molecule has 0 aromatic carbocycles. The number of hydrogen-bond acceptors (Lipinski definition) is 2. The maximum absolute atomic E-state index is 4.69. The molecular weight excluding hydrogens is 114 g/mol. The molecular formula is C7H13NO. The van der Waals surface area contributed by atoms with Crippen molar-refractivity contribution in [3.63, 3.8) is 0 Å². The van der Waals surface area contributed by atoms with Crippen molar-refractivity contribution in [2.75, 3.05) is 0 Å². The third kappa shape index (κ3) is 2.90. The summed E-state index contributed by atoms with van der Waals surface area (Å²) in [6.07, 6.45) is 4.05. The summed E-state index contributed by atoms with van der Waals surface area (Å²) in [5.41, 5.74) is 1.01. The minimum absolute atomic E-state index is 0.955. The first-order valence-electron chi connectivity index (χ1n) is 3.30. The fourth-order valence-corrected chi connectivity index (χ4v) is 0.412. The fraction of sp³-hybridized carbons (Fsp3) is 0.571. The highest BCUT2D eigenvalue weighted by Crippen LogP contribution is 1.92. The lowest BCUT2D eigenvalue weighted by atomic mass is 10.4. The van der Waals surface area contributed by atoms with Crippen molar-refractivity contribution < 1.29 is 4.42 Å². The van der Waals surface area contributed by atoms with Crippen molar-refractivity contribution in [2.45, 2.75) is 27.2 Å². The van der Waals surface area contributed by atoms with Gasteiger partial charge in [-0.1, -0.05) is 20.8 Å². The third-order valence-corrected chi connectivity index (χ3v) is 0.846. The van der Waals surface area contributed by atoms with Crippen molar-refractivity contribution in [3.05, 3.63) is 18.4 Å². The van der Waals surface area contributed by atoms with Gasteiger partial charge in [-0.25, -0.2) is 4.98 Å². The van der Waals surface area contributed by atoms with E-state index in [1.807, 2.05) is 20.8 Å². The van der Waals surface area contributed by atoms with Gasteiger partial charge in [0.15, 0.2) is 6.39 Å². The zero-order valence-electron chi connectivity index (χ0n) is 6.22. The Kier molecular flexibility index (Phi) is 4.88. The predicted octanol–water partition coefficient (Wildman–Crippen LogP) is 2.26. The van der Waals surface area contributed by atoms with Crippen LogP contribution < -0.4 is 0 Å². The Balaban J connectivity index is 0.000000291. The first kappa shape index (κ1) is 8.21. The van der Waals surface area contributed by atoms with E-state index >= 15 is 0 Å². The molecule has 0 fully saturated rings. The van der Waals surface area contributed by atoms with Gasteiger partial charge in [-0.15, -0.1) is 0 Å². The van der Waals surface area contributed by atoms with E-state index in [1.165, 1.54) is 6.39 Å². The van der Waals surface area contributed by atoms with Gasteiger partial charge >= 0.3 is 0 Å². The van der Waals surface area contributed by atoms with Gasteiger partial charge in [0.2, 0.25) is 0 Å². The number of hydrogen-bond donors (Lipinski definition) is 0. The average molecular weight is 127 g/mol. The zero-order chi connectivity index (χ0) is 7.11. The minimum Gasteiger partial charge on any atom is -0.451 e. The van der Waals surface area contributed by atoms with E-state index in [4.69, 9.17) is 4.42 Å². The average Bonchev–Trinajstić information content (AvgIpc) is 2.43. The second-order valence-electron chi connectivity index (χ2n) is 1.33. The molecule has 0 aliphatic carbocycles. The van der Waals surface area contributed by atoms with Gasteiger partial charge in [0.05, 0.1) is 5.69 Å². The van der Waals surface area contributed by atoms with Gasteiger partial charge in [-0.3, -0.25) is 0 Å². The smallest absolute Gasteiger partial charge is 0.180 e. The lowest BCUT2D eigenvalue weighted by Crippen LogP contribution is -1.73. The van der Waals surface area contributed by atoms with Crippen LogP contribution in [0, 0.1) is 0 Å². The molecule has 0 saturated heterocycles. The first-order chi connectivity index (χ1) is 4.43. The Morgan fingerprint density at radius 3 is 2.44 bits per heavy atom. The molecule has 1 heterocycles. The molecule has 0 saturated carbocycles. The summed E-state index contributed by atoms with van der Waals surface area (Å²) in [5, 5.41) is 0. The van der Waals surface area contributed by atoms with E-state index in [-0.39, 0.29) is 0 Å². The van der Waals surface area contributed by atoms with Crippen LogP contribution >= 0.6 is 0 Å². The number of rotatable bonds is 1. The van der Waals surface area contributed by atoms with Gasteiger partial charge in [-0.2, -0.15) is 0 Å². The number of oxazole rings is 1. The van der Waals surface area contributed by atoms with Crippen LogP contribution in [0.3, 0.4) is 0 Å². The molecule has 9 heavy (non-hydrogen) atoms.